The number of fused-ring (bicyclic) bond motifs is 1. The molecular formula is C21H25ClN3O2S+. The number of hydrogen-bond donors (Lipinski definition) is 1. The van der Waals surface area contributed by atoms with Crippen LogP contribution < -0.4 is 14.5 Å². The normalized spacial score (nSPS) is 11.2. The molecule has 0 saturated carbocycles. The first-order valence-electron chi connectivity index (χ1n) is 9.38. The molecule has 0 radical (unpaired) electrons. The number of halogens is 1. The Bertz CT molecular complexity index is 958. The molecule has 148 valence electrons. The number of aromatic nitrogens is 1. The molecule has 0 unspecified atom stereocenters. The highest BCUT2D eigenvalue weighted by molar-refractivity contribution is 7.22. The molecule has 0 spiro atoms. The molecule has 3 aromatic rings. The van der Waals surface area contributed by atoms with E-state index in [4.69, 9.17) is 21.3 Å². The number of hydrogen-bond acceptors (Lipinski definition) is 4. The zero-order chi connectivity index (χ0) is 20.1. The molecule has 0 saturated heterocycles. The van der Waals surface area contributed by atoms with Crippen LogP contribution in [0.1, 0.15) is 23.7 Å². The number of quaternary nitrogens is 1. The number of amides is 1. The third-order valence-electron chi connectivity index (χ3n) is 4.28. The Balaban J connectivity index is 1.97. The van der Waals surface area contributed by atoms with Gasteiger partial charge in [0.2, 0.25) is 0 Å². The molecular weight excluding hydrogens is 394 g/mol. The highest BCUT2D eigenvalue weighted by Crippen LogP contribution is 2.35. The fourth-order valence-electron chi connectivity index (χ4n) is 2.95. The van der Waals surface area contributed by atoms with Crippen molar-refractivity contribution in [2.75, 3.05) is 38.7 Å². The maximum absolute atomic E-state index is 13.3. The first kappa shape index (κ1) is 20.6. The Morgan fingerprint density at radius 2 is 2.04 bits per heavy atom. The van der Waals surface area contributed by atoms with Crippen molar-refractivity contribution < 1.29 is 14.4 Å². The molecule has 7 heteroatoms. The molecule has 1 amide bonds. The van der Waals surface area contributed by atoms with E-state index in [1.807, 2.05) is 25.1 Å². The predicted octanol–water partition coefficient (Wildman–Crippen LogP) is 3.53. The van der Waals surface area contributed by atoms with Crippen molar-refractivity contribution in [2.24, 2.45) is 0 Å². The highest BCUT2D eigenvalue weighted by Gasteiger charge is 2.22. The SMILES string of the molecule is CCOc1cccc2sc(N(CCC[NH+](C)C)C(=O)c3cccc(Cl)c3)nc12. The van der Waals surface area contributed by atoms with Crippen LogP contribution in [0.5, 0.6) is 5.75 Å². The van der Waals surface area contributed by atoms with Crippen molar-refractivity contribution in [3.05, 3.63) is 53.1 Å². The summed E-state index contributed by atoms with van der Waals surface area (Å²) in [7, 11) is 4.21. The predicted molar refractivity (Wildman–Crippen MR) is 116 cm³/mol. The Labute approximate surface area is 174 Å². The number of thiazole rings is 1. The van der Waals surface area contributed by atoms with Crippen molar-refractivity contribution in [1.29, 1.82) is 0 Å². The van der Waals surface area contributed by atoms with Gasteiger partial charge in [-0.25, -0.2) is 4.98 Å². The van der Waals surface area contributed by atoms with Crippen LogP contribution in [0, 0.1) is 0 Å². The van der Waals surface area contributed by atoms with Gasteiger partial charge in [-0.1, -0.05) is 35.1 Å². The van der Waals surface area contributed by atoms with E-state index in [9.17, 15) is 4.79 Å². The van der Waals surface area contributed by atoms with Crippen LogP contribution in [0.15, 0.2) is 42.5 Å². The average Bonchev–Trinajstić information content (AvgIpc) is 3.09. The molecule has 1 heterocycles. The van der Waals surface area contributed by atoms with E-state index < -0.39 is 0 Å². The minimum atomic E-state index is -0.0896. The van der Waals surface area contributed by atoms with Gasteiger partial charge in [-0.2, -0.15) is 0 Å². The van der Waals surface area contributed by atoms with Crippen LogP contribution >= 0.6 is 22.9 Å². The Morgan fingerprint density at radius 3 is 2.75 bits per heavy atom. The lowest BCUT2D eigenvalue weighted by atomic mass is 10.2. The van der Waals surface area contributed by atoms with Crippen LogP contribution in [0.3, 0.4) is 0 Å². The number of para-hydroxylation sites is 1. The molecule has 0 atom stereocenters. The van der Waals surface area contributed by atoms with Gasteiger partial charge in [-0.05, 0) is 37.3 Å². The Hall–Kier alpha value is -2.15. The van der Waals surface area contributed by atoms with Gasteiger partial charge in [-0.3, -0.25) is 9.69 Å². The van der Waals surface area contributed by atoms with Gasteiger partial charge in [0.1, 0.15) is 11.3 Å². The number of benzene rings is 2. The van der Waals surface area contributed by atoms with E-state index in [2.05, 4.69) is 14.1 Å². The average molecular weight is 419 g/mol. The Morgan fingerprint density at radius 1 is 1.25 bits per heavy atom. The van der Waals surface area contributed by atoms with E-state index in [0.717, 1.165) is 28.9 Å². The highest BCUT2D eigenvalue weighted by atomic mass is 35.5. The van der Waals surface area contributed by atoms with Crippen molar-refractivity contribution in [3.63, 3.8) is 0 Å². The van der Waals surface area contributed by atoms with Crippen LogP contribution in [0.25, 0.3) is 10.2 Å². The van der Waals surface area contributed by atoms with E-state index in [1.54, 1.807) is 29.2 Å². The number of carbonyl (C=O) groups excluding carboxylic acids is 1. The fraction of sp³-hybridized carbons (Fsp3) is 0.333. The molecule has 2 aromatic carbocycles. The molecule has 0 fully saturated rings. The molecule has 1 aromatic heterocycles. The fourth-order valence-corrected chi connectivity index (χ4v) is 4.15. The van der Waals surface area contributed by atoms with E-state index in [0.29, 0.717) is 28.9 Å². The summed E-state index contributed by atoms with van der Waals surface area (Å²) in [5, 5.41) is 1.23. The molecule has 28 heavy (non-hydrogen) atoms. The number of ether oxygens (including phenoxy) is 1. The van der Waals surface area contributed by atoms with Gasteiger partial charge in [0.15, 0.2) is 5.13 Å². The zero-order valence-electron chi connectivity index (χ0n) is 16.4. The second-order valence-corrected chi connectivity index (χ2v) is 8.26. The minimum absolute atomic E-state index is 0.0896. The van der Waals surface area contributed by atoms with Crippen molar-refractivity contribution >= 4 is 44.2 Å². The lowest BCUT2D eigenvalue weighted by Crippen LogP contribution is -3.05. The van der Waals surface area contributed by atoms with E-state index in [-0.39, 0.29) is 5.91 Å². The Kier molecular flexibility index (Phi) is 6.88. The number of carbonyl (C=O) groups is 1. The summed E-state index contributed by atoms with van der Waals surface area (Å²) in [5.41, 5.74) is 1.36. The molecule has 0 aliphatic carbocycles. The second-order valence-electron chi connectivity index (χ2n) is 6.81. The number of nitrogens with one attached hydrogen (secondary N) is 1. The van der Waals surface area contributed by atoms with Crippen LogP contribution in [0.2, 0.25) is 5.02 Å². The van der Waals surface area contributed by atoms with Crippen LogP contribution in [0.4, 0.5) is 5.13 Å². The van der Waals surface area contributed by atoms with Crippen molar-refractivity contribution in [3.8, 4) is 5.75 Å². The number of nitrogens with zero attached hydrogens (tertiary/aromatic N) is 2. The molecule has 3 rings (SSSR count). The maximum atomic E-state index is 13.3. The standard InChI is InChI=1S/C21H24ClN3O2S/c1-4-27-17-10-6-11-18-19(17)23-21(28-18)25(13-7-12-24(2)3)20(26)15-8-5-9-16(22)14-15/h5-6,8-11,14H,4,7,12-13H2,1-3H3/p+1. The largest absolute Gasteiger partial charge is 0.492 e. The summed E-state index contributed by atoms with van der Waals surface area (Å²) in [6, 6.07) is 12.9. The van der Waals surface area contributed by atoms with Gasteiger partial charge in [0.05, 0.1) is 31.9 Å². The lowest BCUT2D eigenvalue weighted by Gasteiger charge is -2.20. The minimum Gasteiger partial charge on any atom is -0.492 e. The van der Waals surface area contributed by atoms with Crippen LogP contribution in [-0.4, -0.2) is 44.7 Å². The topological polar surface area (TPSA) is 46.9 Å². The molecule has 0 aliphatic rings. The summed E-state index contributed by atoms with van der Waals surface area (Å²) in [6.07, 6.45) is 0.878. The third-order valence-corrected chi connectivity index (χ3v) is 5.56. The van der Waals surface area contributed by atoms with E-state index in [1.165, 1.54) is 16.2 Å². The van der Waals surface area contributed by atoms with Crippen molar-refractivity contribution in [1.82, 2.24) is 4.98 Å². The van der Waals surface area contributed by atoms with E-state index >= 15 is 0 Å². The number of anilines is 1. The summed E-state index contributed by atoms with van der Waals surface area (Å²) in [5.74, 6) is 0.656. The lowest BCUT2D eigenvalue weighted by molar-refractivity contribution is -0.858. The first-order chi connectivity index (χ1) is 13.5. The monoisotopic (exact) mass is 418 g/mol. The van der Waals surface area contributed by atoms with Gasteiger partial charge in [0, 0.05) is 23.6 Å². The smallest absolute Gasteiger partial charge is 0.260 e. The second kappa shape index (κ2) is 9.37. The summed E-state index contributed by atoms with van der Waals surface area (Å²) < 4.78 is 6.71. The van der Waals surface area contributed by atoms with Gasteiger partial charge >= 0.3 is 0 Å². The first-order valence-corrected chi connectivity index (χ1v) is 10.6. The summed E-state index contributed by atoms with van der Waals surface area (Å²) >= 11 is 7.61. The summed E-state index contributed by atoms with van der Waals surface area (Å²) in [6.45, 7) is 4.09. The molecule has 0 bridgehead atoms. The zero-order valence-corrected chi connectivity index (χ0v) is 17.9. The molecule has 1 N–H and O–H groups in total. The van der Waals surface area contributed by atoms with Crippen molar-refractivity contribution in [2.45, 2.75) is 13.3 Å². The van der Waals surface area contributed by atoms with Gasteiger partial charge in [0.25, 0.3) is 5.91 Å². The van der Waals surface area contributed by atoms with Gasteiger partial charge in [-0.15, -0.1) is 0 Å². The molecule has 0 aliphatic heterocycles. The maximum Gasteiger partial charge on any atom is 0.260 e. The van der Waals surface area contributed by atoms with Crippen LogP contribution in [-0.2, 0) is 0 Å². The summed E-state index contributed by atoms with van der Waals surface area (Å²) in [4.78, 5) is 21.1. The molecule has 5 nitrogen and oxygen atoms in total. The third kappa shape index (κ3) is 4.82. The quantitative estimate of drug-likeness (QED) is 0.608. The number of rotatable bonds is 8. The van der Waals surface area contributed by atoms with Gasteiger partial charge < -0.3 is 9.64 Å².